The molecule has 0 saturated carbocycles. The van der Waals surface area contributed by atoms with Gasteiger partial charge in [0.1, 0.15) is 5.82 Å². The molecule has 0 unspecified atom stereocenters. The largest absolute Gasteiger partial charge is 0.396 e. The molecule has 0 fully saturated rings. The van der Waals surface area contributed by atoms with Crippen molar-refractivity contribution >= 4 is 23.4 Å². The van der Waals surface area contributed by atoms with Gasteiger partial charge in [0.15, 0.2) is 0 Å². The quantitative estimate of drug-likeness (QED) is 0.506. The smallest absolute Gasteiger partial charge is 0.251 e. The second-order valence-corrected chi connectivity index (χ2v) is 5.32. The number of anilines is 1. The highest BCUT2D eigenvalue weighted by Gasteiger charge is 2.07. The van der Waals surface area contributed by atoms with E-state index in [4.69, 9.17) is 5.73 Å². The average Bonchev–Trinajstić information content (AvgIpc) is 2.47. The van der Waals surface area contributed by atoms with Crippen molar-refractivity contribution in [3.8, 4) is 0 Å². The van der Waals surface area contributed by atoms with E-state index in [-0.39, 0.29) is 17.2 Å². The fraction of sp³-hybridized carbons (Fsp3) is 0.133. The Morgan fingerprint density at radius 1 is 1.20 bits per heavy atom. The molecule has 0 atom stereocenters. The summed E-state index contributed by atoms with van der Waals surface area (Å²) in [6.45, 7) is 0.518. The zero-order valence-electron chi connectivity index (χ0n) is 10.8. The number of hydrogen-bond donors (Lipinski definition) is 2. The lowest BCUT2D eigenvalue weighted by Gasteiger charge is -2.06. The second-order valence-electron chi connectivity index (χ2n) is 4.15. The van der Waals surface area contributed by atoms with Gasteiger partial charge in [-0.3, -0.25) is 4.79 Å². The lowest BCUT2D eigenvalue weighted by atomic mass is 10.2. The number of benzene rings is 2. The molecule has 0 spiro atoms. The Morgan fingerprint density at radius 2 is 1.95 bits per heavy atom. The van der Waals surface area contributed by atoms with Gasteiger partial charge in [-0.25, -0.2) is 4.39 Å². The van der Waals surface area contributed by atoms with Gasteiger partial charge in [0.2, 0.25) is 0 Å². The van der Waals surface area contributed by atoms with Crippen LogP contribution in [0.4, 0.5) is 10.1 Å². The topological polar surface area (TPSA) is 55.1 Å². The second kappa shape index (κ2) is 6.96. The van der Waals surface area contributed by atoms with Crippen LogP contribution in [0, 0.1) is 5.82 Å². The molecule has 0 heterocycles. The van der Waals surface area contributed by atoms with E-state index in [0.717, 1.165) is 16.7 Å². The Labute approximate surface area is 121 Å². The molecule has 0 saturated heterocycles. The molecule has 0 bridgehead atoms. The Bertz CT molecular complexity index is 590. The number of rotatable bonds is 5. The molecule has 2 aromatic carbocycles. The minimum atomic E-state index is -0.573. The number of carbonyl (C=O) groups excluding carboxylic acids is 1. The highest BCUT2D eigenvalue weighted by atomic mass is 32.2. The average molecular weight is 290 g/mol. The summed E-state index contributed by atoms with van der Waals surface area (Å²) in [6, 6.07) is 14.0. The Balaban J connectivity index is 1.79. The molecule has 0 radical (unpaired) electrons. The van der Waals surface area contributed by atoms with Crippen LogP contribution in [-0.2, 0) is 0 Å². The number of nitrogens with two attached hydrogens (primary N) is 1. The van der Waals surface area contributed by atoms with Crippen LogP contribution in [0.15, 0.2) is 53.4 Å². The fourth-order valence-corrected chi connectivity index (χ4v) is 2.41. The number of nitrogens with one attached hydrogen (secondary N) is 1. The van der Waals surface area contributed by atoms with Gasteiger partial charge < -0.3 is 11.1 Å². The minimum absolute atomic E-state index is 0.0428. The summed E-state index contributed by atoms with van der Waals surface area (Å²) in [5.74, 6) is -0.110. The van der Waals surface area contributed by atoms with Gasteiger partial charge in [0, 0.05) is 22.8 Å². The summed E-state index contributed by atoms with van der Waals surface area (Å²) < 4.78 is 13.2. The molecule has 5 heteroatoms. The van der Waals surface area contributed by atoms with E-state index in [2.05, 4.69) is 5.32 Å². The Morgan fingerprint density at radius 3 is 2.65 bits per heavy atom. The van der Waals surface area contributed by atoms with Crippen molar-refractivity contribution in [2.75, 3.05) is 18.0 Å². The summed E-state index contributed by atoms with van der Waals surface area (Å²) in [6.07, 6.45) is 0. The first-order chi connectivity index (χ1) is 9.66. The van der Waals surface area contributed by atoms with Crippen LogP contribution in [0.1, 0.15) is 10.4 Å². The van der Waals surface area contributed by atoms with Crippen molar-refractivity contribution in [2.24, 2.45) is 0 Å². The highest BCUT2D eigenvalue weighted by molar-refractivity contribution is 7.99. The number of thioether (sulfide) groups is 1. The lowest BCUT2D eigenvalue weighted by molar-refractivity contribution is 0.0956. The minimum Gasteiger partial charge on any atom is -0.396 e. The van der Waals surface area contributed by atoms with Crippen LogP contribution in [0.3, 0.4) is 0 Å². The Kier molecular flexibility index (Phi) is 5.01. The van der Waals surface area contributed by atoms with Gasteiger partial charge in [-0.2, -0.15) is 0 Å². The van der Waals surface area contributed by atoms with Crippen LogP contribution < -0.4 is 11.1 Å². The van der Waals surface area contributed by atoms with E-state index in [0.29, 0.717) is 6.54 Å². The maximum absolute atomic E-state index is 13.2. The molecule has 104 valence electrons. The predicted octanol–water partition coefficient (Wildman–Crippen LogP) is 2.93. The lowest BCUT2D eigenvalue weighted by Crippen LogP contribution is -2.25. The van der Waals surface area contributed by atoms with Crippen LogP contribution in [-0.4, -0.2) is 18.2 Å². The first-order valence-corrected chi connectivity index (χ1v) is 7.16. The molecule has 1 amide bonds. The predicted molar refractivity (Wildman–Crippen MR) is 80.3 cm³/mol. The molecule has 3 N–H and O–H groups in total. The van der Waals surface area contributed by atoms with Crippen molar-refractivity contribution in [1.29, 1.82) is 0 Å². The fourth-order valence-electron chi connectivity index (χ4n) is 1.62. The molecular weight excluding hydrogens is 275 g/mol. The monoisotopic (exact) mass is 290 g/mol. The summed E-state index contributed by atoms with van der Waals surface area (Å²) in [5.41, 5.74) is 5.69. The summed E-state index contributed by atoms with van der Waals surface area (Å²) in [4.78, 5) is 12.9. The van der Waals surface area contributed by atoms with E-state index in [1.54, 1.807) is 11.8 Å². The third kappa shape index (κ3) is 3.99. The summed E-state index contributed by atoms with van der Waals surface area (Å²) in [5, 5.41) is 2.75. The summed E-state index contributed by atoms with van der Waals surface area (Å²) in [7, 11) is 0. The number of halogens is 1. The SMILES string of the molecule is Nc1ccc(C(=O)NCCSc2ccccc2)cc1F. The van der Waals surface area contributed by atoms with E-state index in [1.807, 2.05) is 30.3 Å². The van der Waals surface area contributed by atoms with Crippen molar-refractivity contribution in [3.63, 3.8) is 0 Å². The van der Waals surface area contributed by atoms with Crippen LogP contribution in [0.5, 0.6) is 0 Å². The van der Waals surface area contributed by atoms with Gasteiger partial charge >= 0.3 is 0 Å². The molecule has 2 aromatic rings. The molecule has 0 aliphatic rings. The van der Waals surface area contributed by atoms with E-state index < -0.39 is 5.82 Å². The van der Waals surface area contributed by atoms with E-state index in [9.17, 15) is 9.18 Å². The number of hydrogen-bond acceptors (Lipinski definition) is 3. The van der Waals surface area contributed by atoms with Crippen molar-refractivity contribution < 1.29 is 9.18 Å². The number of carbonyl (C=O) groups is 1. The van der Waals surface area contributed by atoms with E-state index >= 15 is 0 Å². The third-order valence-corrected chi connectivity index (χ3v) is 3.68. The highest BCUT2D eigenvalue weighted by Crippen LogP contribution is 2.16. The maximum Gasteiger partial charge on any atom is 0.251 e. The van der Waals surface area contributed by atoms with Gasteiger partial charge in [0.25, 0.3) is 5.91 Å². The van der Waals surface area contributed by atoms with E-state index in [1.165, 1.54) is 12.1 Å². The summed E-state index contributed by atoms with van der Waals surface area (Å²) >= 11 is 1.65. The van der Waals surface area contributed by atoms with Crippen molar-refractivity contribution in [1.82, 2.24) is 5.32 Å². The van der Waals surface area contributed by atoms with Crippen molar-refractivity contribution in [3.05, 3.63) is 59.9 Å². The van der Waals surface area contributed by atoms with Crippen LogP contribution >= 0.6 is 11.8 Å². The normalized spacial score (nSPS) is 10.2. The maximum atomic E-state index is 13.2. The Hall–Kier alpha value is -2.01. The first kappa shape index (κ1) is 14.4. The molecule has 0 aromatic heterocycles. The zero-order chi connectivity index (χ0) is 14.4. The molecular formula is C15H15FN2OS. The molecule has 3 nitrogen and oxygen atoms in total. The number of nitrogen functional groups attached to an aromatic ring is 1. The zero-order valence-corrected chi connectivity index (χ0v) is 11.6. The number of amides is 1. The van der Waals surface area contributed by atoms with Gasteiger partial charge in [-0.1, -0.05) is 18.2 Å². The van der Waals surface area contributed by atoms with Crippen LogP contribution in [0.2, 0.25) is 0 Å². The standard InChI is InChI=1S/C15H15FN2OS/c16-13-10-11(6-7-14(13)17)15(19)18-8-9-20-12-4-2-1-3-5-12/h1-7,10H,8-9,17H2,(H,18,19). The van der Waals surface area contributed by atoms with Crippen molar-refractivity contribution in [2.45, 2.75) is 4.90 Å². The molecule has 0 aliphatic heterocycles. The van der Waals surface area contributed by atoms with Gasteiger partial charge in [-0.15, -0.1) is 11.8 Å². The van der Waals surface area contributed by atoms with Gasteiger partial charge in [-0.05, 0) is 30.3 Å². The van der Waals surface area contributed by atoms with Crippen LogP contribution in [0.25, 0.3) is 0 Å². The molecule has 20 heavy (non-hydrogen) atoms. The third-order valence-electron chi connectivity index (χ3n) is 2.66. The molecule has 0 aliphatic carbocycles. The molecule has 2 rings (SSSR count). The first-order valence-electron chi connectivity index (χ1n) is 6.18. The van der Waals surface area contributed by atoms with Gasteiger partial charge in [0.05, 0.1) is 5.69 Å².